The van der Waals surface area contributed by atoms with Crippen molar-refractivity contribution in [1.82, 2.24) is 19.9 Å². The molecule has 35 heavy (non-hydrogen) atoms. The number of aromatic nitrogens is 3. The normalized spacial score (nSPS) is 15.9. The van der Waals surface area contributed by atoms with Gasteiger partial charge in [-0.2, -0.15) is 0 Å². The van der Waals surface area contributed by atoms with Gasteiger partial charge in [-0.05, 0) is 60.7 Å². The van der Waals surface area contributed by atoms with Crippen molar-refractivity contribution < 1.29 is 14.3 Å². The Balaban J connectivity index is 1.42. The van der Waals surface area contributed by atoms with Crippen LogP contribution in [-0.2, 0) is 10.5 Å². The fourth-order valence-electron chi connectivity index (χ4n) is 4.18. The van der Waals surface area contributed by atoms with E-state index in [0.29, 0.717) is 18.0 Å². The number of methoxy groups -OCH3 is 2. The number of nitrogens with zero attached hydrogens (tertiary/aromatic N) is 4. The molecule has 4 rings (SSSR count). The molecule has 1 amide bonds. The van der Waals surface area contributed by atoms with E-state index in [9.17, 15) is 4.79 Å². The second-order valence-electron chi connectivity index (χ2n) is 8.44. The molecule has 1 aliphatic heterocycles. The van der Waals surface area contributed by atoms with Crippen LogP contribution >= 0.6 is 11.8 Å². The van der Waals surface area contributed by atoms with E-state index in [1.807, 2.05) is 54.6 Å². The Kier molecular flexibility index (Phi) is 8.36. The molecule has 3 aromatic rings. The highest BCUT2D eigenvalue weighted by atomic mass is 32.2. The van der Waals surface area contributed by atoms with Gasteiger partial charge in [-0.15, -0.1) is 0 Å². The predicted molar refractivity (Wildman–Crippen MR) is 138 cm³/mol. The lowest BCUT2D eigenvalue weighted by atomic mass is 9.92. The Morgan fingerprint density at radius 1 is 1.20 bits per heavy atom. The van der Waals surface area contributed by atoms with E-state index in [4.69, 9.17) is 14.5 Å². The first kappa shape index (κ1) is 24.7. The van der Waals surface area contributed by atoms with Gasteiger partial charge in [0.15, 0.2) is 16.7 Å². The molecule has 1 aromatic carbocycles. The average Bonchev–Trinajstić information content (AvgIpc) is 2.91. The molecule has 1 atom stereocenters. The summed E-state index contributed by atoms with van der Waals surface area (Å²) in [6.45, 7) is 3.45. The van der Waals surface area contributed by atoms with Crippen LogP contribution in [0, 0.1) is 6.92 Å². The number of pyridine rings is 1. The maximum Gasteiger partial charge on any atom is 0.246 e. The molecule has 8 heteroatoms. The fraction of sp³-hybridized carbons (Fsp3) is 0.333. The van der Waals surface area contributed by atoms with E-state index in [-0.39, 0.29) is 11.8 Å². The van der Waals surface area contributed by atoms with Crippen molar-refractivity contribution in [3.8, 4) is 11.5 Å². The topological polar surface area (TPSA) is 77.4 Å². The zero-order valence-corrected chi connectivity index (χ0v) is 21.1. The number of hydrogen-bond acceptors (Lipinski definition) is 7. The van der Waals surface area contributed by atoms with Crippen LogP contribution in [0.15, 0.2) is 60.2 Å². The zero-order valence-electron chi connectivity index (χ0n) is 20.3. The summed E-state index contributed by atoms with van der Waals surface area (Å²) in [5, 5.41) is 0.756. The van der Waals surface area contributed by atoms with Crippen LogP contribution in [0.5, 0.6) is 11.5 Å². The van der Waals surface area contributed by atoms with Crippen molar-refractivity contribution in [3.63, 3.8) is 0 Å². The van der Waals surface area contributed by atoms with Crippen molar-refractivity contribution in [2.45, 2.75) is 36.6 Å². The zero-order chi connectivity index (χ0) is 24.6. The summed E-state index contributed by atoms with van der Waals surface area (Å²) in [5.41, 5.74) is 4.12. The van der Waals surface area contributed by atoms with Crippen molar-refractivity contribution in [2.24, 2.45) is 0 Å². The summed E-state index contributed by atoms with van der Waals surface area (Å²) < 4.78 is 10.6. The SMILES string of the molecule is COc1ccc(/C=C/C(=O)N2CCCC(c3nc(SCc4cccnc4)ncc3C)C2)cc1OC. The molecule has 0 N–H and O–H groups in total. The van der Waals surface area contributed by atoms with Crippen LogP contribution in [0.3, 0.4) is 0 Å². The molecule has 1 unspecified atom stereocenters. The quantitative estimate of drug-likeness (QED) is 0.252. The highest BCUT2D eigenvalue weighted by Crippen LogP contribution is 2.30. The minimum atomic E-state index is 0.00219. The summed E-state index contributed by atoms with van der Waals surface area (Å²) in [7, 11) is 3.20. The second kappa shape index (κ2) is 11.8. The second-order valence-corrected chi connectivity index (χ2v) is 9.38. The molecule has 182 valence electrons. The Morgan fingerprint density at radius 3 is 2.83 bits per heavy atom. The maximum absolute atomic E-state index is 13.0. The van der Waals surface area contributed by atoms with Gasteiger partial charge in [0.1, 0.15) is 0 Å². The van der Waals surface area contributed by atoms with Crippen molar-refractivity contribution in [2.75, 3.05) is 27.3 Å². The molecular weight excluding hydrogens is 460 g/mol. The van der Waals surface area contributed by atoms with Crippen LogP contribution in [0.25, 0.3) is 6.08 Å². The smallest absolute Gasteiger partial charge is 0.246 e. The van der Waals surface area contributed by atoms with Crippen LogP contribution in [0.1, 0.15) is 41.1 Å². The van der Waals surface area contributed by atoms with Crippen molar-refractivity contribution in [3.05, 3.63) is 77.4 Å². The molecule has 0 radical (unpaired) electrons. The average molecular weight is 491 g/mol. The van der Waals surface area contributed by atoms with E-state index in [0.717, 1.165) is 52.7 Å². The van der Waals surface area contributed by atoms with Gasteiger partial charge in [0.25, 0.3) is 0 Å². The first-order valence-corrected chi connectivity index (χ1v) is 12.6. The van der Waals surface area contributed by atoms with Crippen molar-refractivity contribution in [1.29, 1.82) is 0 Å². The third-order valence-electron chi connectivity index (χ3n) is 6.03. The maximum atomic E-state index is 13.0. The number of likely N-dealkylation sites (tertiary alicyclic amines) is 1. The summed E-state index contributed by atoms with van der Waals surface area (Å²) in [4.78, 5) is 28.5. The van der Waals surface area contributed by atoms with E-state index < -0.39 is 0 Å². The summed E-state index contributed by atoms with van der Waals surface area (Å²) in [5.74, 6) is 2.27. The van der Waals surface area contributed by atoms with Crippen molar-refractivity contribution >= 4 is 23.7 Å². The highest BCUT2D eigenvalue weighted by Gasteiger charge is 2.26. The number of rotatable bonds is 8. The van der Waals surface area contributed by atoms with Crippen LogP contribution < -0.4 is 9.47 Å². The number of hydrogen-bond donors (Lipinski definition) is 0. The third-order valence-corrected chi connectivity index (χ3v) is 6.96. The Morgan fingerprint density at radius 2 is 2.06 bits per heavy atom. The summed E-state index contributed by atoms with van der Waals surface area (Å²) in [6, 6.07) is 9.58. The number of carbonyl (C=O) groups excluding carboxylic acids is 1. The number of carbonyl (C=O) groups is 1. The van der Waals surface area contributed by atoms with Gasteiger partial charge in [-0.3, -0.25) is 9.78 Å². The molecular formula is C27H30N4O3S. The molecule has 0 bridgehead atoms. The lowest BCUT2D eigenvalue weighted by molar-refractivity contribution is -0.127. The number of benzene rings is 1. The van der Waals surface area contributed by atoms with E-state index in [1.54, 1.807) is 38.3 Å². The number of aryl methyl sites for hydroxylation is 1. The summed E-state index contributed by atoms with van der Waals surface area (Å²) >= 11 is 1.61. The number of piperidine rings is 1. The number of ether oxygens (including phenoxy) is 2. The monoisotopic (exact) mass is 490 g/mol. The first-order chi connectivity index (χ1) is 17.1. The molecule has 2 aromatic heterocycles. The Labute approximate surface area is 210 Å². The van der Waals surface area contributed by atoms with Crippen LogP contribution in [-0.4, -0.2) is 53.1 Å². The van der Waals surface area contributed by atoms with Gasteiger partial charge in [0.05, 0.1) is 19.9 Å². The van der Waals surface area contributed by atoms with Gasteiger partial charge >= 0.3 is 0 Å². The minimum absolute atomic E-state index is 0.00219. The molecule has 1 aliphatic rings. The minimum Gasteiger partial charge on any atom is -0.493 e. The summed E-state index contributed by atoms with van der Waals surface area (Å²) in [6.07, 6.45) is 10.9. The molecule has 7 nitrogen and oxygen atoms in total. The van der Waals surface area contributed by atoms with Crippen LogP contribution in [0.4, 0.5) is 0 Å². The van der Waals surface area contributed by atoms with E-state index in [2.05, 4.69) is 16.0 Å². The highest BCUT2D eigenvalue weighted by molar-refractivity contribution is 7.98. The molecule has 0 saturated carbocycles. The first-order valence-electron chi connectivity index (χ1n) is 11.6. The fourth-order valence-corrected chi connectivity index (χ4v) is 4.94. The predicted octanol–water partition coefficient (Wildman–Crippen LogP) is 4.91. The third kappa shape index (κ3) is 6.39. The van der Waals surface area contributed by atoms with Gasteiger partial charge in [-0.25, -0.2) is 9.97 Å². The largest absolute Gasteiger partial charge is 0.493 e. The lowest BCUT2D eigenvalue weighted by Crippen LogP contribution is -2.38. The molecule has 3 heterocycles. The number of thioether (sulfide) groups is 1. The molecule has 0 spiro atoms. The van der Waals surface area contributed by atoms with E-state index >= 15 is 0 Å². The van der Waals surface area contributed by atoms with E-state index in [1.165, 1.54) is 0 Å². The standard InChI is InChI=1S/C27H30N4O3S/c1-19-15-29-27(35-18-21-6-4-12-28-16-21)30-26(19)22-7-5-13-31(17-22)25(32)11-9-20-8-10-23(33-2)24(14-20)34-3/h4,6,8-12,14-16,22H,5,7,13,17-18H2,1-3H3/b11-9+. The van der Waals surface area contributed by atoms with Gasteiger partial charge in [-0.1, -0.05) is 23.9 Å². The van der Waals surface area contributed by atoms with Gasteiger partial charge in [0, 0.05) is 49.4 Å². The van der Waals surface area contributed by atoms with Gasteiger partial charge < -0.3 is 14.4 Å². The Hall–Kier alpha value is -3.39. The lowest BCUT2D eigenvalue weighted by Gasteiger charge is -2.32. The molecule has 1 fully saturated rings. The van der Waals surface area contributed by atoms with Crippen LogP contribution in [0.2, 0.25) is 0 Å². The Bertz CT molecular complexity index is 1190. The number of amides is 1. The van der Waals surface area contributed by atoms with Gasteiger partial charge in [0.2, 0.25) is 5.91 Å². The molecule has 0 aliphatic carbocycles. The molecule has 1 saturated heterocycles.